The zero-order chi connectivity index (χ0) is 19.1. The van der Waals surface area contributed by atoms with Crippen LogP contribution in [0.5, 0.6) is 0 Å². The molecule has 0 aliphatic heterocycles. The van der Waals surface area contributed by atoms with Gasteiger partial charge in [-0.2, -0.15) is 0 Å². The summed E-state index contributed by atoms with van der Waals surface area (Å²) in [5.74, 6) is 1.88. The molecule has 0 saturated heterocycles. The third-order valence-corrected chi connectivity index (χ3v) is 7.41. The van der Waals surface area contributed by atoms with E-state index in [0.717, 1.165) is 29.7 Å². The van der Waals surface area contributed by atoms with Gasteiger partial charge in [0.2, 0.25) is 0 Å². The normalized spacial score (nSPS) is 25.4. The van der Waals surface area contributed by atoms with Gasteiger partial charge in [0.05, 0.1) is 0 Å². The Kier molecular flexibility index (Phi) is 8.15. The molecule has 1 aromatic rings. The van der Waals surface area contributed by atoms with E-state index in [9.17, 15) is 8.78 Å². The fourth-order valence-corrected chi connectivity index (χ4v) is 5.75. The summed E-state index contributed by atoms with van der Waals surface area (Å²) in [6.45, 7) is 2.30. The molecule has 2 aliphatic rings. The van der Waals surface area contributed by atoms with Crippen molar-refractivity contribution < 1.29 is 8.78 Å². The third kappa shape index (κ3) is 6.29. The van der Waals surface area contributed by atoms with Crippen LogP contribution in [0.2, 0.25) is 0 Å². The van der Waals surface area contributed by atoms with Crippen LogP contribution in [0.4, 0.5) is 8.78 Å². The molecule has 152 valence electrons. The average molecular weight is 377 g/mol. The van der Waals surface area contributed by atoms with Gasteiger partial charge >= 0.3 is 0 Å². The molecule has 1 unspecified atom stereocenters. The van der Waals surface area contributed by atoms with E-state index in [-0.39, 0.29) is 0 Å². The highest BCUT2D eigenvalue weighted by molar-refractivity contribution is 5.18. The molecular weight excluding hydrogens is 338 g/mol. The summed E-state index contributed by atoms with van der Waals surface area (Å²) in [5, 5.41) is 0. The fourth-order valence-electron chi connectivity index (χ4n) is 5.75. The zero-order valence-electron chi connectivity index (χ0n) is 17.2. The Balaban J connectivity index is 1.56. The maximum Gasteiger partial charge on any atom is 0.159 e. The molecular formula is C25H38F2. The van der Waals surface area contributed by atoms with Gasteiger partial charge in [0.1, 0.15) is 0 Å². The monoisotopic (exact) mass is 376 g/mol. The fraction of sp³-hybridized carbons (Fsp3) is 0.760. The maximum atomic E-state index is 13.7. The second-order valence-corrected chi connectivity index (χ2v) is 9.36. The summed E-state index contributed by atoms with van der Waals surface area (Å²) in [5.41, 5.74) is 0.983. The maximum absolute atomic E-state index is 13.7. The van der Waals surface area contributed by atoms with Crippen molar-refractivity contribution in [3.8, 4) is 0 Å². The Morgan fingerprint density at radius 3 is 2.15 bits per heavy atom. The highest BCUT2D eigenvalue weighted by atomic mass is 19.2. The minimum absolute atomic E-state index is 0.642. The Hall–Kier alpha value is -0.920. The van der Waals surface area contributed by atoms with Crippen LogP contribution in [0.3, 0.4) is 0 Å². The van der Waals surface area contributed by atoms with Crippen molar-refractivity contribution in [1.82, 2.24) is 0 Å². The molecule has 2 fully saturated rings. The van der Waals surface area contributed by atoms with Gasteiger partial charge in [-0.25, -0.2) is 8.78 Å². The minimum atomic E-state index is -0.725. The molecule has 27 heavy (non-hydrogen) atoms. The largest absolute Gasteiger partial charge is 0.204 e. The highest BCUT2D eigenvalue weighted by Gasteiger charge is 2.26. The van der Waals surface area contributed by atoms with Crippen LogP contribution in [0, 0.1) is 35.3 Å². The van der Waals surface area contributed by atoms with Gasteiger partial charge in [0.15, 0.2) is 11.6 Å². The molecule has 0 amide bonds. The Morgan fingerprint density at radius 2 is 1.52 bits per heavy atom. The van der Waals surface area contributed by atoms with E-state index >= 15 is 0 Å². The van der Waals surface area contributed by atoms with Crippen molar-refractivity contribution in [2.45, 2.75) is 96.8 Å². The van der Waals surface area contributed by atoms with Crippen molar-refractivity contribution in [2.24, 2.45) is 23.7 Å². The van der Waals surface area contributed by atoms with Crippen molar-refractivity contribution in [1.29, 1.82) is 0 Å². The van der Waals surface area contributed by atoms with E-state index < -0.39 is 11.6 Å². The standard InChI is InChI=1S/C25H38F2/c1-2-6-19-9-11-20(12-10-19)13-15-23(22-7-4-3-5-8-22)17-21-14-16-24(26)25(27)18-21/h14,16,18-20,22-23H,2-13,15,17H2,1H3. The molecule has 0 spiro atoms. The van der Waals surface area contributed by atoms with E-state index in [0.29, 0.717) is 5.92 Å². The Morgan fingerprint density at radius 1 is 0.852 bits per heavy atom. The molecule has 0 bridgehead atoms. The van der Waals surface area contributed by atoms with Crippen LogP contribution >= 0.6 is 0 Å². The van der Waals surface area contributed by atoms with Crippen LogP contribution in [-0.4, -0.2) is 0 Å². The first-order chi connectivity index (χ1) is 13.2. The molecule has 0 nitrogen and oxygen atoms in total. The lowest BCUT2D eigenvalue weighted by atomic mass is 9.72. The Labute approximate surface area is 165 Å². The molecule has 0 N–H and O–H groups in total. The topological polar surface area (TPSA) is 0 Å². The van der Waals surface area contributed by atoms with E-state index in [1.807, 2.05) is 0 Å². The zero-order valence-corrected chi connectivity index (χ0v) is 17.2. The summed E-state index contributed by atoms with van der Waals surface area (Å²) in [6, 6.07) is 4.53. The van der Waals surface area contributed by atoms with Gasteiger partial charge in [-0.1, -0.05) is 90.0 Å². The molecule has 0 radical (unpaired) electrons. The predicted molar refractivity (Wildman–Crippen MR) is 110 cm³/mol. The number of halogens is 2. The first-order valence-corrected chi connectivity index (χ1v) is 11.6. The molecule has 0 heterocycles. The summed E-state index contributed by atoms with van der Waals surface area (Å²) in [7, 11) is 0. The third-order valence-electron chi connectivity index (χ3n) is 7.41. The molecule has 2 saturated carbocycles. The van der Waals surface area contributed by atoms with E-state index in [1.54, 1.807) is 6.07 Å². The van der Waals surface area contributed by atoms with Crippen molar-refractivity contribution in [3.63, 3.8) is 0 Å². The van der Waals surface area contributed by atoms with Gasteiger partial charge in [-0.3, -0.25) is 0 Å². The van der Waals surface area contributed by atoms with E-state index in [2.05, 4.69) is 6.92 Å². The Bertz CT molecular complexity index is 553. The molecule has 1 aromatic carbocycles. The second kappa shape index (κ2) is 10.6. The quantitative estimate of drug-likeness (QED) is 0.430. The first-order valence-electron chi connectivity index (χ1n) is 11.6. The van der Waals surface area contributed by atoms with Crippen LogP contribution in [0.1, 0.15) is 96.0 Å². The minimum Gasteiger partial charge on any atom is -0.204 e. The van der Waals surface area contributed by atoms with E-state index in [4.69, 9.17) is 0 Å². The first kappa shape index (κ1) is 20.8. The number of hydrogen-bond acceptors (Lipinski definition) is 0. The van der Waals surface area contributed by atoms with Gasteiger partial charge in [-0.05, 0) is 54.2 Å². The smallest absolute Gasteiger partial charge is 0.159 e. The summed E-state index contributed by atoms with van der Waals surface area (Å²) >= 11 is 0. The van der Waals surface area contributed by atoms with Crippen molar-refractivity contribution >= 4 is 0 Å². The number of benzene rings is 1. The second-order valence-electron chi connectivity index (χ2n) is 9.36. The SMILES string of the molecule is CCCC1CCC(CCC(Cc2ccc(F)c(F)c2)C2CCCCC2)CC1. The van der Waals surface area contributed by atoms with Gasteiger partial charge in [0.25, 0.3) is 0 Å². The molecule has 2 aliphatic carbocycles. The van der Waals surface area contributed by atoms with Crippen molar-refractivity contribution in [3.05, 3.63) is 35.4 Å². The summed E-state index contributed by atoms with van der Waals surface area (Å²) in [4.78, 5) is 0. The van der Waals surface area contributed by atoms with Gasteiger partial charge in [0, 0.05) is 0 Å². The van der Waals surface area contributed by atoms with Crippen LogP contribution in [0.15, 0.2) is 18.2 Å². The van der Waals surface area contributed by atoms with Gasteiger partial charge < -0.3 is 0 Å². The summed E-state index contributed by atoms with van der Waals surface area (Å²) in [6.07, 6.45) is 18.7. The van der Waals surface area contributed by atoms with Gasteiger partial charge in [-0.15, -0.1) is 0 Å². The lowest BCUT2D eigenvalue weighted by molar-refractivity contribution is 0.197. The summed E-state index contributed by atoms with van der Waals surface area (Å²) < 4.78 is 27.0. The highest BCUT2D eigenvalue weighted by Crippen LogP contribution is 2.39. The number of rotatable bonds is 8. The predicted octanol–water partition coefficient (Wildman–Crippen LogP) is 8.09. The average Bonchev–Trinajstić information content (AvgIpc) is 2.70. The van der Waals surface area contributed by atoms with Crippen molar-refractivity contribution in [2.75, 3.05) is 0 Å². The lowest BCUT2D eigenvalue weighted by Crippen LogP contribution is -2.22. The van der Waals surface area contributed by atoms with Crippen LogP contribution in [0.25, 0.3) is 0 Å². The van der Waals surface area contributed by atoms with Crippen LogP contribution in [-0.2, 0) is 6.42 Å². The van der Waals surface area contributed by atoms with E-state index in [1.165, 1.54) is 95.6 Å². The number of hydrogen-bond donors (Lipinski definition) is 0. The molecule has 2 heteroatoms. The molecule has 0 aromatic heterocycles. The molecule has 1 atom stereocenters. The van der Waals surface area contributed by atoms with Crippen LogP contribution < -0.4 is 0 Å². The lowest BCUT2D eigenvalue weighted by Gasteiger charge is -2.33. The molecule has 3 rings (SSSR count).